The third kappa shape index (κ3) is 7.76. The molecule has 5 nitrogen and oxygen atoms in total. The van der Waals surface area contributed by atoms with Crippen LogP contribution in [0.2, 0.25) is 0 Å². The van der Waals surface area contributed by atoms with E-state index in [2.05, 4.69) is 39.4 Å². The van der Waals surface area contributed by atoms with Gasteiger partial charge in [0.05, 0.1) is 19.8 Å². The zero-order valence-electron chi connectivity index (χ0n) is 17.9. The summed E-state index contributed by atoms with van der Waals surface area (Å²) in [7, 11) is 0. The van der Waals surface area contributed by atoms with E-state index in [-0.39, 0.29) is 0 Å². The lowest BCUT2D eigenvalue weighted by atomic mass is 9.96. The lowest BCUT2D eigenvalue weighted by Gasteiger charge is -2.32. The van der Waals surface area contributed by atoms with Crippen LogP contribution in [0.5, 0.6) is 5.75 Å². The van der Waals surface area contributed by atoms with E-state index in [1.165, 1.54) is 37.7 Å². The molecule has 0 amide bonds. The van der Waals surface area contributed by atoms with E-state index in [4.69, 9.17) is 21.7 Å². The van der Waals surface area contributed by atoms with Gasteiger partial charge in [-0.3, -0.25) is 4.90 Å². The van der Waals surface area contributed by atoms with Crippen LogP contribution in [0, 0.1) is 0 Å². The molecule has 0 atom stereocenters. The first-order chi connectivity index (χ1) is 14.2. The summed E-state index contributed by atoms with van der Waals surface area (Å²) in [5.41, 5.74) is 1.27. The van der Waals surface area contributed by atoms with Crippen molar-refractivity contribution < 1.29 is 9.47 Å². The number of morpholine rings is 1. The van der Waals surface area contributed by atoms with E-state index in [0.717, 1.165) is 63.2 Å². The van der Waals surface area contributed by atoms with Gasteiger partial charge < -0.3 is 19.7 Å². The van der Waals surface area contributed by atoms with Crippen LogP contribution in [-0.2, 0) is 11.3 Å². The van der Waals surface area contributed by atoms with Gasteiger partial charge in [-0.2, -0.15) is 0 Å². The van der Waals surface area contributed by atoms with E-state index in [1.54, 1.807) is 0 Å². The fourth-order valence-corrected chi connectivity index (χ4v) is 4.48. The Morgan fingerprint density at radius 1 is 1.17 bits per heavy atom. The third-order valence-electron chi connectivity index (χ3n) is 5.83. The first kappa shape index (κ1) is 22.3. The first-order valence-electron chi connectivity index (χ1n) is 11.3. The summed E-state index contributed by atoms with van der Waals surface area (Å²) in [6, 6.07) is 8.97. The van der Waals surface area contributed by atoms with Crippen LogP contribution < -0.4 is 10.1 Å². The Labute approximate surface area is 181 Å². The molecule has 29 heavy (non-hydrogen) atoms. The van der Waals surface area contributed by atoms with Crippen molar-refractivity contribution in [2.45, 2.75) is 58.0 Å². The van der Waals surface area contributed by atoms with Crippen LogP contribution in [0.1, 0.15) is 51.0 Å². The topological polar surface area (TPSA) is 37.0 Å². The average molecular weight is 420 g/mol. The van der Waals surface area contributed by atoms with Gasteiger partial charge in [-0.15, -0.1) is 0 Å². The van der Waals surface area contributed by atoms with Crippen LogP contribution in [0.3, 0.4) is 0 Å². The molecule has 1 saturated carbocycles. The number of nitrogens with zero attached hydrogens (tertiary/aromatic N) is 2. The van der Waals surface area contributed by atoms with Crippen molar-refractivity contribution in [3.8, 4) is 5.75 Å². The van der Waals surface area contributed by atoms with Crippen molar-refractivity contribution >= 4 is 17.3 Å². The highest BCUT2D eigenvalue weighted by atomic mass is 32.1. The SMILES string of the molecule is CCOc1ccc(CN(CCCN2CCOCC2)C(=S)NC2CCCCC2)cc1. The first-order valence-corrected chi connectivity index (χ1v) is 11.7. The molecule has 0 aromatic heterocycles. The Hall–Kier alpha value is -1.37. The molecule has 0 bridgehead atoms. The Morgan fingerprint density at radius 3 is 2.59 bits per heavy atom. The minimum absolute atomic E-state index is 0.540. The second-order valence-corrected chi connectivity index (χ2v) is 8.48. The van der Waals surface area contributed by atoms with Crippen molar-refractivity contribution in [3.63, 3.8) is 0 Å². The molecular formula is C23H37N3O2S. The molecule has 1 saturated heterocycles. The van der Waals surface area contributed by atoms with E-state index in [0.29, 0.717) is 12.6 Å². The zero-order valence-corrected chi connectivity index (χ0v) is 18.7. The Bertz CT molecular complexity index is 599. The molecule has 2 fully saturated rings. The molecule has 3 rings (SSSR count). The summed E-state index contributed by atoms with van der Waals surface area (Å²) in [5.74, 6) is 0.929. The van der Waals surface area contributed by atoms with E-state index in [1.807, 2.05) is 6.92 Å². The van der Waals surface area contributed by atoms with Gasteiger partial charge in [0.15, 0.2) is 5.11 Å². The Kier molecular flexibility index (Phi) is 9.51. The van der Waals surface area contributed by atoms with Gasteiger partial charge >= 0.3 is 0 Å². The van der Waals surface area contributed by atoms with Crippen LogP contribution in [-0.4, -0.2) is 67.0 Å². The maximum absolute atomic E-state index is 5.85. The predicted octanol–water partition coefficient (Wildman–Crippen LogP) is 3.82. The normalized spacial score (nSPS) is 18.4. The summed E-state index contributed by atoms with van der Waals surface area (Å²) in [4.78, 5) is 4.84. The standard InChI is InChI=1S/C23H37N3O2S/c1-2-28-22-11-9-20(10-12-22)19-26(14-6-13-25-15-17-27-18-16-25)23(29)24-21-7-4-3-5-8-21/h9-12,21H,2-8,13-19H2,1H3,(H,24,29). The van der Waals surface area contributed by atoms with Crippen molar-refractivity contribution in [1.82, 2.24) is 15.1 Å². The Morgan fingerprint density at radius 2 is 1.90 bits per heavy atom. The molecule has 1 aliphatic carbocycles. The summed E-state index contributed by atoms with van der Waals surface area (Å²) in [6.07, 6.45) is 7.59. The second-order valence-electron chi connectivity index (χ2n) is 8.09. The maximum atomic E-state index is 5.85. The van der Waals surface area contributed by atoms with Gasteiger partial charge in [0.1, 0.15) is 5.75 Å². The highest BCUT2D eigenvalue weighted by molar-refractivity contribution is 7.80. The van der Waals surface area contributed by atoms with E-state index < -0.39 is 0 Å². The molecular weight excluding hydrogens is 382 g/mol. The van der Waals surface area contributed by atoms with Gasteiger partial charge in [0.2, 0.25) is 0 Å². The highest BCUT2D eigenvalue weighted by Gasteiger charge is 2.18. The molecule has 0 radical (unpaired) electrons. The van der Waals surface area contributed by atoms with Crippen molar-refractivity contribution in [2.24, 2.45) is 0 Å². The van der Waals surface area contributed by atoms with Crippen molar-refractivity contribution in [3.05, 3.63) is 29.8 Å². The van der Waals surface area contributed by atoms with Crippen LogP contribution >= 0.6 is 12.2 Å². The van der Waals surface area contributed by atoms with Crippen molar-refractivity contribution in [1.29, 1.82) is 0 Å². The van der Waals surface area contributed by atoms with Crippen LogP contribution in [0.15, 0.2) is 24.3 Å². The molecule has 1 heterocycles. The van der Waals surface area contributed by atoms with Gasteiger partial charge in [-0.1, -0.05) is 31.4 Å². The molecule has 162 valence electrons. The number of rotatable bonds is 9. The maximum Gasteiger partial charge on any atom is 0.169 e. The lowest BCUT2D eigenvalue weighted by molar-refractivity contribution is 0.0367. The summed E-state index contributed by atoms with van der Waals surface area (Å²) < 4.78 is 11.0. The third-order valence-corrected chi connectivity index (χ3v) is 6.21. The fourth-order valence-electron chi connectivity index (χ4n) is 4.15. The van der Waals surface area contributed by atoms with Crippen molar-refractivity contribution in [2.75, 3.05) is 46.0 Å². The zero-order chi connectivity index (χ0) is 20.3. The fraction of sp³-hybridized carbons (Fsp3) is 0.696. The molecule has 1 aromatic rings. The monoisotopic (exact) mass is 419 g/mol. The molecule has 2 aliphatic rings. The lowest BCUT2D eigenvalue weighted by Crippen LogP contribution is -2.46. The summed E-state index contributed by atoms with van der Waals surface area (Å²) >= 11 is 5.85. The van der Waals surface area contributed by atoms with E-state index >= 15 is 0 Å². The molecule has 0 unspecified atom stereocenters. The number of benzene rings is 1. The smallest absolute Gasteiger partial charge is 0.169 e. The quantitative estimate of drug-likeness (QED) is 0.614. The molecule has 1 aromatic carbocycles. The molecule has 0 spiro atoms. The second kappa shape index (κ2) is 12.4. The van der Waals surface area contributed by atoms with Gasteiger partial charge in [-0.05, 0) is 56.1 Å². The minimum atomic E-state index is 0.540. The minimum Gasteiger partial charge on any atom is -0.494 e. The van der Waals surface area contributed by atoms with Crippen LogP contribution in [0.25, 0.3) is 0 Å². The van der Waals surface area contributed by atoms with E-state index in [9.17, 15) is 0 Å². The molecule has 1 N–H and O–H groups in total. The number of thiocarbonyl (C=S) groups is 1. The Balaban J connectivity index is 1.55. The van der Waals surface area contributed by atoms with Gasteiger partial charge in [-0.25, -0.2) is 0 Å². The number of nitrogens with one attached hydrogen (secondary N) is 1. The number of hydrogen-bond donors (Lipinski definition) is 1. The predicted molar refractivity (Wildman–Crippen MR) is 123 cm³/mol. The molecule has 6 heteroatoms. The van der Waals surface area contributed by atoms with Crippen LogP contribution in [0.4, 0.5) is 0 Å². The highest BCUT2D eigenvalue weighted by Crippen LogP contribution is 2.19. The average Bonchev–Trinajstić information content (AvgIpc) is 2.76. The number of hydrogen-bond acceptors (Lipinski definition) is 4. The summed E-state index contributed by atoms with van der Waals surface area (Å²) in [5, 5.41) is 4.57. The summed E-state index contributed by atoms with van der Waals surface area (Å²) in [6.45, 7) is 9.44. The largest absolute Gasteiger partial charge is 0.494 e. The van der Waals surface area contributed by atoms with Gasteiger partial charge in [0, 0.05) is 38.8 Å². The molecule has 1 aliphatic heterocycles. The number of ether oxygens (including phenoxy) is 2. The van der Waals surface area contributed by atoms with Gasteiger partial charge in [0.25, 0.3) is 0 Å².